The van der Waals surface area contributed by atoms with Crippen LogP contribution in [0.25, 0.3) is 0 Å². The van der Waals surface area contributed by atoms with E-state index in [1.807, 2.05) is 4.90 Å². The third-order valence-electron chi connectivity index (χ3n) is 5.35. The molecule has 27 heavy (non-hydrogen) atoms. The van der Waals surface area contributed by atoms with Crippen molar-refractivity contribution in [2.75, 3.05) is 44.2 Å². The maximum atomic E-state index is 12.4. The number of aliphatic imine (C=N–C) groups is 1. The van der Waals surface area contributed by atoms with Crippen molar-refractivity contribution < 1.29 is 4.79 Å². The first-order valence-electron chi connectivity index (χ1n) is 10.3. The minimum absolute atomic E-state index is 0.139. The number of hydrogen-bond donors (Lipinski definition) is 2. The summed E-state index contributed by atoms with van der Waals surface area (Å²) < 4.78 is 0. The zero-order valence-electron chi connectivity index (χ0n) is 16.7. The molecule has 0 aliphatic carbocycles. The third kappa shape index (κ3) is 5.62. The maximum Gasteiger partial charge on any atom is 0.244 e. The fourth-order valence-corrected chi connectivity index (χ4v) is 3.77. The highest BCUT2D eigenvalue weighted by molar-refractivity contribution is 5.85. The summed E-state index contributed by atoms with van der Waals surface area (Å²) >= 11 is 0. The fourth-order valence-electron chi connectivity index (χ4n) is 3.77. The summed E-state index contributed by atoms with van der Waals surface area (Å²) in [6, 6.07) is 9.04. The molecule has 1 amide bonds. The van der Waals surface area contributed by atoms with Gasteiger partial charge in [0.2, 0.25) is 5.91 Å². The standard InChI is InChI=1S/C21H33N5O/c1-3-22-21(23-15-20(27)25-12-5-4-6-13-25)24-18-11-14-26(16-18)19-9-7-17(2)8-10-19/h7-10,18H,3-6,11-16H2,1-2H3,(H2,22,23,24). The quantitative estimate of drug-likeness (QED) is 0.615. The van der Waals surface area contributed by atoms with Gasteiger partial charge in [-0.05, 0) is 51.7 Å². The number of piperidine rings is 1. The Hall–Kier alpha value is -2.24. The van der Waals surface area contributed by atoms with Crippen molar-refractivity contribution in [3.63, 3.8) is 0 Å². The van der Waals surface area contributed by atoms with Gasteiger partial charge >= 0.3 is 0 Å². The normalized spacial score (nSPS) is 20.7. The van der Waals surface area contributed by atoms with Crippen LogP contribution in [-0.4, -0.2) is 62.1 Å². The van der Waals surface area contributed by atoms with E-state index in [-0.39, 0.29) is 12.5 Å². The van der Waals surface area contributed by atoms with Crippen LogP contribution in [0.15, 0.2) is 29.3 Å². The number of aryl methyl sites for hydroxylation is 1. The van der Waals surface area contributed by atoms with Gasteiger partial charge in [0.05, 0.1) is 0 Å². The second-order valence-corrected chi connectivity index (χ2v) is 7.55. The molecule has 1 aromatic carbocycles. The van der Waals surface area contributed by atoms with Crippen LogP contribution in [0, 0.1) is 6.92 Å². The van der Waals surface area contributed by atoms with E-state index in [9.17, 15) is 4.79 Å². The number of anilines is 1. The van der Waals surface area contributed by atoms with Gasteiger partial charge in [-0.25, -0.2) is 4.99 Å². The van der Waals surface area contributed by atoms with Crippen LogP contribution in [0.2, 0.25) is 0 Å². The molecule has 2 aliphatic heterocycles. The lowest BCUT2D eigenvalue weighted by Crippen LogP contribution is -2.45. The predicted molar refractivity (Wildman–Crippen MR) is 111 cm³/mol. The minimum Gasteiger partial charge on any atom is -0.369 e. The molecule has 148 valence electrons. The van der Waals surface area contributed by atoms with Gasteiger partial charge in [0, 0.05) is 44.5 Å². The molecule has 2 N–H and O–H groups in total. The van der Waals surface area contributed by atoms with Gasteiger partial charge in [0.25, 0.3) is 0 Å². The van der Waals surface area contributed by atoms with Crippen molar-refractivity contribution in [2.24, 2.45) is 4.99 Å². The zero-order valence-corrected chi connectivity index (χ0v) is 16.7. The number of amides is 1. The van der Waals surface area contributed by atoms with Gasteiger partial charge in [-0.15, -0.1) is 0 Å². The number of nitrogens with one attached hydrogen (secondary N) is 2. The number of nitrogens with zero attached hydrogens (tertiary/aromatic N) is 3. The van der Waals surface area contributed by atoms with E-state index in [0.717, 1.165) is 57.9 Å². The van der Waals surface area contributed by atoms with E-state index in [2.05, 4.69) is 58.6 Å². The van der Waals surface area contributed by atoms with E-state index in [1.54, 1.807) is 0 Å². The van der Waals surface area contributed by atoms with Crippen molar-refractivity contribution >= 4 is 17.6 Å². The number of rotatable bonds is 5. The van der Waals surface area contributed by atoms with Crippen LogP contribution in [0.3, 0.4) is 0 Å². The lowest BCUT2D eigenvalue weighted by molar-refractivity contribution is -0.130. The molecule has 2 heterocycles. The molecule has 3 rings (SSSR count). The Labute approximate surface area is 163 Å². The molecule has 0 saturated carbocycles. The van der Waals surface area contributed by atoms with Gasteiger partial charge in [-0.1, -0.05) is 17.7 Å². The summed E-state index contributed by atoms with van der Waals surface area (Å²) in [6.07, 6.45) is 4.53. The molecule has 2 fully saturated rings. The smallest absolute Gasteiger partial charge is 0.244 e. The number of guanidine groups is 1. The Kier molecular flexibility index (Phi) is 6.96. The molecule has 1 unspecified atom stereocenters. The van der Waals surface area contributed by atoms with Gasteiger partial charge in [0.15, 0.2) is 5.96 Å². The van der Waals surface area contributed by atoms with E-state index >= 15 is 0 Å². The van der Waals surface area contributed by atoms with Crippen molar-refractivity contribution in [2.45, 2.75) is 45.6 Å². The molecule has 0 bridgehead atoms. The van der Waals surface area contributed by atoms with Crippen LogP contribution >= 0.6 is 0 Å². The Morgan fingerprint density at radius 1 is 1.15 bits per heavy atom. The monoisotopic (exact) mass is 371 g/mol. The predicted octanol–water partition coefficient (Wildman–Crippen LogP) is 2.14. The van der Waals surface area contributed by atoms with Gasteiger partial charge in [0.1, 0.15) is 6.54 Å². The molecule has 0 radical (unpaired) electrons. The first-order chi connectivity index (χ1) is 13.2. The summed E-state index contributed by atoms with van der Waals surface area (Å²) in [5, 5.41) is 6.79. The van der Waals surface area contributed by atoms with Crippen molar-refractivity contribution in [3.05, 3.63) is 29.8 Å². The maximum absolute atomic E-state index is 12.4. The van der Waals surface area contributed by atoms with Crippen LogP contribution < -0.4 is 15.5 Å². The van der Waals surface area contributed by atoms with E-state index < -0.39 is 0 Å². The highest BCUT2D eigenvalue weighted by Crippen LogP contribution is 2.20. The second-order valence-electron chi connectivity index (χ2n) is 7.55. The molecule has 1 atom stereocenters. The first kappa shape index (κ1) is 19.5. The molecular weight excluding hydrogens is 338 g/mol. The second kappa shape index (κ2) is 9.62. The Morgan fingerprint density at radius 3 is 2.59 bits per heavy atom. The molecule has 2 saturated heterocycles. The number of benzene rings is 1. The van der Waals surface area contributed by atoms with Gasteiger partial charge in [-0.3, -0.25) is 4.79 Å². The minimum atomic E-state index is 0.139. The lowest BCUT2D eigenvalue weighted by Gasteiger charge is -2.26. The first-order valence-corrected chi connectivity index (χ1v) is 10.3. The Balaban J connectivity index is 1.52. The van der Waals surface area contributed by atoms with Crippen LogP contribution in [-0.2, 0) is 4.79 Å². The van der Waals surface area contributed by atoms with Gasteiger partial charge < -0.3 is 20.4 Å². The number of carbonyl (C=O) groups is 1. The van der Waals surface area contributed by atoms with Crippen molar-refractivity contribution in [1.82, 2.24) is 15.5 Å². The fraction of sp³-hybridized carbons (Fsp3) is 0.619. The highest BCUT2D eigenvalue weighted by atomic mass is 16.2. The average Bonchev–Trinajstić information content (AvgIpc) is 3.16. The summed E-state index contributed by atoms with van der Waals surface area (Å²) in [6.45, 7) is 8.93. The highest BCUT2D eigenvalue weighted by Gasteiger charge is 2.23. The van der Waals surface area contributed by atoms with Crippen LogP contribution in [0.1, 0.15) is 38.2 Å². The lowest BCUT2D eigenvalue weighted by atomic mass is 10.1. The third-order valence-corrected chi connectivity index (χ3v) is 5.35. The summed E-state index contributed by atoms with van der Waals surface area (Å²) in [5.74, 6) is 0.887. The molecule has 0 aromatic heterocycles. The van der Waals surface area contributed by atoms with Crippen molar-refractivity contribution in [3.8, 4) is 0 Å². The van der Waals surface area contributed by atoms with Crippen LogP contribution in [0.5, 0.6) is 0 Å². The number of likely N-dealkylation sites (tertiary alicyclic amines) is 1. The van der Waals surface area contributed by atoms with Gasteiger partial charge in [-0.2, -0.15) is 0 Å². The number of hydrogen-bond acceptors (Lipinski definition) is 3. The Bertz CT molecular complexity index is 636. The summed E-state index contributed by atoms with van der Waals surface area (Å²) in [4.78, 5) is 21.3. The average molecular weight is 372 g/mol. The van der Waals surface area contributed by atoms with Crippen LogP contribution in [0.4, 0.5) is 5.69 Å². The molecule has 2 aliphatic rings. The summed E-state index contributed by atoms with van der Waals surface area (Å²) in [5.41, 5.74) is 2.56. The molecule has 6 nitrogen and oxygen atoms in total. The largest absolute Gasteiger partial charge is 0.369 e. The molecule has 0 spiro atoms. The molecule has 1 aromatic rings. The molecular formula is C21H33N5O. The van der Waals surface area contributed by atoms with E-state index in [4.69, 9.17) is 0 Å². The molecule has 6 heteroatoms. The van der Waals surface area contributed by atoms with E-state index in [1.165, 1.54) is 17.7 Å². The van der Waals surface area contributed by atoms with E-state index in [0.29, 0.717) is 6.04 Å². The topological polar surface area (TPSA) is 60.0 Å². The number of carbonyl (C=O) groups excluding carboxylic acids is 1. The Morgan fingerprint density at radius 2 is 1.89 bits per heavy atom. The zero-order chi connectivity index (χ0) is 19.1. The SMILES string of the molecule is CCNC(=NCC(=O)N1CCCCC1)NC1CCN(c2ccc(C)cc2)C1. The summed E-state index contributed by atoms with van der Waals surface area (Å²) in [7, 11) is 0. The van der Waals surface area contributed by atoms with Crippen molar-refractivity contribution in [1.29, 1.82) is 0 Å².